The molecule has 0 atom stereocenters. The van der Waals surface area contributed by atoms with Crippen LogP contribution in [-0.4, -0.2) is 18.1 Å². The molecule has 0 bridgehead atoms. The Morgan fingerprint density at radius 2 is 2.29 bits per heavy atom. The molecule has 1 aromatic heterocycles. The van der Waals surface area contributed by atoms with Crippen molar-refractivity contribution in [2.45, 2.75) is 0 Å². The number of benzene rings is 1. The van der Waals surface area contributed by atoms with Crippen molar-refractivity contribution in [1.29, 1.82) is 0 Å². The summed E-state index contributed by atoms with van der Waals surface area (Å²) in [5, 5.41) is 2.26. The average molecular weight is 272 g/mol. The summed E-state index contributed by atoms with van der Waals surface area (Å²) in [6.07, 6.45) is 0. The number of methoxy groups -OCH3 is 1. The van der Waals surface area contributed by atoms with E-state index < -0.39 is 11.8 Å². The predicted octanol–water partition coefficient (Wildman–Crippen LogP) is 3.39. The van der Waals surface area contributed by atoms with Gasteiger partial charge in [-0.05, 0) is 18.2 Å². The summed E-state index contributed by atoms with van der Waals surface area (Å²) in [6, 6.07) is 4.30. The molecule has 0 unspecified atom stereocenters. The maximum Gasteiger partial charge on any atom is 0.357 e. The van der Waals surface area contributed by atoms with Crippen LogP contribution in [-0.2, 0) is 4.74 Å². The summed E-state index contributed by atoms with van der Waals surface area (Å²) in [6.45, 7) is 0. The molecule has 0 aliphatic heterocycles. The highest BCUT2D eigenvalue weighted by atomic mass is 35.5. The first-order valence-electron chi connectivity index (χ1n) is 4.61. The molecule has 0 saturated heterocycles. The number of esters is 1. The SMILES string of the molecule is COC(=O)c1csc(-c2ccc(Cl)cc2F)n1. The largest absolute Gasteiger partial charge is 0.464 e. The van der Waals surface area contributed by atoms with Crippen LogP contribution >= 0.6 is 22.9 Å². The lowest BCUT2D eigenvalue weighted by Crippen LogP contribution is -2.01. The number of halogens is 2. The van der Waals surface area contributed by atoms with Gasteiger partial charge in [-0.2, -0.15) is 0 Å². The van der Waals surface area contributed by atoms with Gasteiger partial charge in [0.15, 0.2) is 5.69 Å². The molecule has 0 aliphatic rings. The van der Waals surface area contributed by atoms with E-state index in [1.54, 1.807) is 6.07 Å². The number of rotatable bonds is 2. The maximum absolute atomic E-state index is 13.6. The number of aromatic nitrogens is 1. The van der Waals surface area contributed by atoms with Crippen LogP contribution in [0.3, 0.4) is 0 Å². The molecule has 1 aromatic carbocycles. The Bertz CT molecular complexity index is 570. The third-order valence-electron chi connectivity index (χ3n) is 2.06. The highest BCUT2D eigenvalue weighted by Crippen LogP contribution is 2.28. The standard InChI is InChI=1S/C11H7ClFNO2S/c1-16-11(15)9-5-17-10(14-9)7-3-2-6(12)4-8(7)13/h2-5H,1H3. The summed E-state index contributed by atoms with van der Waals surface area (Å²) in [4.78, 5) is 15.2. The second-order valence-electron chi connectivity index (χ2n) is 3.15. The zero-order chi connectivity index (χ0) is 12.4. The van der Waals surface area contributed by atoms with Crippen molar-refractivity contribution in [1.82, 2.24) is 4.98 Å². The van der Waals surface area contributed by atoms with Gasteiger partial charge in [0.05, 0.1) is 7.11 Å². The minimum atomic E-state index is -0.540. The van der Waals surface area contributed by atoms with E-state index >= 15 is 0 Å². The molecule has 88 valence electrons. The van der Waals surface area contributed by atoms with Gasteiger partial charge >= 0.3 is 5.97 Å². The summed E-state index contributed by atoms with van der Waals surface area (Å²) >= 11 is 6.82. The predicted molar refractivity (Wildman–Crippen MR) is 63.9 cm³/mol. The van der Waals surface area contributed by atoms with Crippen LogP contribution in [0.25, 0.3) is 10.6 Å². The first-order chi connectivity index (χ1) is 8.11. The number of nitrogens with zero attached hydrogens (tertiary/aromatic N) is 1. The molecule has 3 nitrogen and oxygen atoms in total. The first-order valence-corrected chi connectivity index (χ1v) is 5.87. The lowest BCUT2D eigenvalue weighted by atomic mass is 10.2. The van der Waals surface area contributed by atoms with Crippen molar-refractivity contribution in [2.75, 3.05) is 7.11 Å². The summed E-state index contributed by atoms with van der Waals surface area (Å²) in [7, 11) is 1.27. The lowest BCUT2D eigenvalue weighted by Gasteiger charge is -1.99. The number of thiazole rings is 1. The molecule has 0 spiro atoms. The molecule has 0 N–H and O–H groups in total. The highest BCUT2D eigenvalue weighted by Gasteiger charge is 2.14. The highest BCUT2D eigenvalue weighted by molar-refractivity contribution is 7.13. The van der Waals surface area contributed by atoms with Crippen LogP contribution in [0.15, 0.2) is 23.6 Å². The maximum atomic E-state index is 13.6. The first kappa shape index (κ1) is 12.0. The van der Waals surface area contributed by atoms with Crippen LogP contribution < -0.4 is 0 Å². The van der Waals surface area contributed by atoms with E-state index in [1.807, 2.05) is 0 Å². The van der Waals surface area contributed by atoms with Crippen molar-refractivity contribution in [3.8, 4) is 10.6 Å². The van der Waals surface area contributed by atoms with E-state index in [0.29, 0.717) is 15.6 Å². The van der Waals surface area contributed by atoms with Crippen molar-refractivity contribution in [2.24, 2.45) is 0 Å². The molecule has 0 radical (unpaired) electrons. The summed E-state index contributed by atoms with van der Waals surface area (Å²) in [5.74, 6) is -1.01. The van der Waals surface area contributed by atoms with E-state index in [2.05, 4.69) is 9.72 Å². The van der Waals surface area contributed by atoms with E-state index in [1.165, 1.54) is 36.0 Å². The Morgan fingerprint density at radius 3 is 2.94 bits per heavy atom. The molecular weight excluding hydrogens is 265 g/mol. The van der Waals surface area contributed by atoms with Gasteiger partial charge in [0, 0.05) is 16.0 Å². The molecule has 0 amide bonds. The van der Waals surface area contributed by atoms with E-state index in [9.17, 15) is 9.18 Å². The quantitative estimate of drug-likeness (QED) is 0.786. The van der Waals surface area contributed by atoms with Gasteiger partial charge in [0.1, 0.15) is 10.8 Å². The number of carbonyl (C=O) groups is 1. The molecule has 1 heterocycles. The van der Waals surface area contributed by atoms with E-state index in [0.717, 1.165) is 0 Å². The Balaban J connectivity index is 2.40. The Morgan fingerprint density at radius 1 is 1.53 bits per heavy atom. The Kier molecular flexibility index (Phi) is 3.40. The summed E-state index contributed by atoms with van der Waals surface area (Å²) in [5.41, 5.74) is 0.483. The van der Waals surface area contributed by atoms with Gasteiger partial charge in [0.25, 0.3) is 0 Å². The van der Waals surface area contributed by atoms with Crippen molar-refractivity contribution in [3.05, 3.63) is 40.1 Å². The van der Waals surface area contributed by atoms with E-state index in [-0.39, 0.29) is 5.69 Å². The zero-order valence-electron chi connectivity index (χ0n) is 8.74. The molecule has 6 heteroatoms. The van der Waals surface area contributed by atoms with Crippen LogP contribution in [0.4, 0.5) is 4.39 Å². The number of ether oxygens (including phenoxy) is 1. The lowest BCUT2D eigenvalue weighted by molar-refractivity contribution is 0.0595. The molecule has 0 saturated carbocycles. The van der Waals surface area contributed by atoms with Crippen molar-refractivity contribution >= 4 is 28.9 Å². The van der Waals surface area contributed by atoms with Crippen LogP contribution in [0.2, 0.25) is 5.02 Å². The minimum absolute atomic E-state index is 0.168. The molecule has 0 aliphatic carbocycles. The van der Waals surface area contributed by atoms with Gasteiger partial charge < -0.3 is 4.74 Å². The third-order valence-corrected chi connectivity index (χ3v) is 3.17. The monoisotopic (exact) mass is 271 g/mol. The second-order valence-corrected chi connectivity index (χ2v) is 4.45. The van der Waals surface area contributed by atoms with Crippen LogP contribution in [0.5, 0.6) is 0 Å². The van der Waals surface area contributed by atoms with Gasteiger partial charge in [-0.25, -0.2) is 14.2 Å². The fourth-order valence-electron chi connectivity index (χ4n) is 1.26. The Hall–Kier alpha value is -1.46. The smallest absolute Gasteiger partial charge is 0.357 e. The minimum Gasteiger partial charge on any atom is -0.464 e. The Labute approximate surface area is 106 Å². The molecule has 0 fully saturated rings. The van der Waals surface area contributed by atoms with E-state index in [4.69, 9.17) is 11.6 Å². The third kappa shape index (κ3) is 2.45. The summed E-state index contributed by atoms with van der Waals surface area (Å²) < 4.78 is 18.1. The van der Waals surface area contributed by atoms with Crippen molar-refractivity contribution in [3.63, 3.8) is 0 Å². The molecular formula is C11H7ClFNO2S. The number of hydrogen-bond acceptors (Lipinski definition) is 4. The molecule has 2 aromatic rings. The van der Waals surface area contributed by atoms with Gasteiger partial charge in [-0.3, -0.25) is 0 Å². The van der Waals surface area contributed by atoms with Crippen LogP contribution in [0.1, 0.15) is 10.5 Å². The van der Waals surface area contributed by atoms with Gasteiger partial charge in [-0.15, -0.1) is 11.3 Å². The van der Waals surface area contributed by atoms with Crippen LogP contribution in [0, 0.1) is 5.82 Å². The molecule has 17 heavy (non-hydrogen) atoms. The number of hydrogen-bond donors (Lipinski definition) is 0. The zero-order valence-corrected chi connectivity index (χ0v) is 10.3. The second kappa shape index (κ2) is 4.81. The number of carbonyl (C=O) groups excluding carboxylic acids is 1. The van der Waals surface area contributed by atoms with Crippen molar-refractivity contribution < 1.29 is 13.9 Å². The van der Waals surface area contributed by atoms with Gasteiger partial charge in [-0.1, -0.05) is 11.6 Å². The topological polar surface area (TPSA) is 39.2 Å². The average Bonchev–Trinajstić information content (AvgIpc) is 2.77. The normalized spacial score (nSPS) is 10.3. The van der Waals surface area contributed by atoms with Gasteiger partial charge in [0.2, 0.25) is 0 Å². The molecule has 2 rings (SSSR count). The fourth-order valence-corrected chi connectivity index (χ4v) is 2.23. The fraction of sp³-hybridized carbons (Fsp3) is 0.0909.